The molecule has 0 aromatic heterocycles. The standard InChI is InChI=1S/C16H14ClNO4.Na.H/c17-13-5-1-11(2-6-13)15(19)18-9-10-22-14-7-3-12(4-8-14)16(20)21;;/h1-8H,9-10H2,(H,18,19)(H,20,21);;/q;+1;-1. The second kappa shape index (κ2) is 9.57. The van der Waals surface area contributed by atoms with Crippen LogP contribution in [-0.2, 0) is 0 Å². The molecule has 2 rings (SSSR count). The molecule has 0 aliphatic rings. The van der Waals surface area contributed by atoms with Crippen LogP contribution in [0.25, 0.3) is 0 Å². The molecule has 23 heavy (non-hydrogen) atoms. The molecule has 0 heterocycles. The Morgan fingerprint density at radius 1 is 1.04 bits per heavy atom. The SMILES string of the molecule is O=C(O)c1ccc(OCCNC(=O)c2ccc(Cl)cc2)cc1.[H-].[Na+]. The molecule has 7 heteroatoms. The van der Waals surface area contributed by atoms with E-state index in [0.29, 0.717) is 22.9 Å². The molecule has 0 spiro atoms. The number of halogens is 1. The van der Waals surface area contributed by atoms with E-state index in [9.17, 15) is 9.59 Å². The van der Waals surface area contributed by atoms with Crippen molar-refractivity contribution < 1.29 is 50.4 Å². The minimum atomic E-state index is -0.984. The summed E-state index contributed by atoms with van der Waals surface area (Å²) < 4.78 is 5.42. The molecule has 2 aromatic rings. The van der Waals surface area contributed by atoms with Gasteiger partial charge in [0.25, 0.3) is 5.91 Å². The van der Waals surface area contributed by atoms with Gasteiger partial charge in [-0.15, -0.1) is 0 Å². The third-order valence-corrected chi connectivity index (χ3v) is 3.12. The number of benzene rings is 2. The van der Waals surface area contributed by atoms with E-state index in [1.54, 1.807) is 36.4 Å². The fraction of sp³-hybridized carbons (Fsp3) is 0.125. The Balaban J connectivity index is 0.00000264. The molecule has 0 bridgehead atoms. The minimum absolute atomic E-state index is 0. The molecule has 0 saturated carbocycles. The van der Waals surface area contributed by atoms with Gasteiger partial charge in [0.2, 0.25) is 0 Å². The van der Waals surface area contributed by atoms with Crippen molar-refractivity contribution in [1.29, 1.82) is 0 Å². The zero-order valence-corrected chi connectivity index (χ0v) is 15.3. The van der Waals surface area contributed by atoms with Gasteiger partial charge in [-0.05, 0) is 48.5 Å². The van der Waals surface area contributed by atoms with Gasteiger partial charge in [0, 0.05) is 10.6 Å². The predicted molar refractivity (Wildman–Crippen MR) is 83.8 cm³/mol. The average molecular weight is 344 g/mol. The van der Waals surface area contributed by atoms with Gasteiger partial charge in [-0.2, -0.15) is 0 Å². The van der Waals surface area contributed by atoms with Crippen LogP contribution >= 0.6 is 11.6 Å². The van der Waals surface area contributed by atoms with Crippen LogP contribution < -0.4 is 39.6 Å². The molecule has 0 radical (unpaired) electrons. The topological polar surface area (TPSA) is 75.6 Å². The molecule has 0 atom stereocenters. The van der Waals surface area contributed by atoms with Gasteiger partial charge < -0.3 is 16.6 Å². The van der Waals surface area contributed by atoms with E-state index in [-0.39, 0.29) is 49.1 Å². The Morgan fingerprint density at radius 2 is 1.61 bits per heavy atom. The van der Waals surface area contributed by atoms with E-state index in [4.69, 9.17) is 21.4 Å². The van der Waals surface area contributed by atoms with Gasteiger partial charge in [0.1, 0.15) is 12.4 Å². The zero-order valence-electron chi connectivity index (χ0n) is 13.6. The van der Waals surface area contributed by atoms with Gasteiger partial charge in [-0.3, -0.25) is 4.79 Å². The Bertz CT molecular complexity index is 665. The number of carbonyl (C=O) groups excluding carboxylic acids is 1. The maximum absolute atomic E-state index is 11.8. The summed E-state index contributed by atoms with van der Waals surface area (Å²) in [5, 5.41) is 12.1. The molecule has 1 amide bonds. The quantitative estimate of drug-likeness (QED) is 0.570. The van der Waals surface area contributed by atoms with Crippen molar-refractivity contribution >= 4 is 23.5 Å². The van der Waals surface area contributed by atoms with E-state index < -0.39 is 5.97 Å². The molecule has 2 aromatic carbocycles. The largest absolute Gasteiger partial charge is 1.00 e. The minimum Gasteiger partial charge on any atom is -1.00 e. The number of carbonyl (C=O) groups is 2. The van der Waals surface area contributed by atoms with E-state index in [2.05, 4.69) is 5.32 Å². The number of ether oxygens (including phenoxy) is 1. The number of hydrogen-bond donors (Lipinski definition) is 2. The van der Waals surface area contributed by atoms with Crippen molar-refractivity contribution in [2.45, 2.75) is 0 Å². The third-order valence-electron chi connectivity index (χ3n) is 2.86. The van der Waals surface area contributed by atoms with Crippen LogP contribution in [0.5, 0.6) is 5.75 Å². The summed E-state index contributed by atoms with van der Waals surface area (Å²) in [5.41, 5.74) is 0.721. The summed E-state index contributed by atoms with van der Waals surface area (Å²) in [6, 6.07) is 12.7. The van der Waals surface area contributed by atoms with Crippen LogP contribution in [0.3, 0.4) is 0 Å². The Morgan fingerprint density at radius 3 is 2.17 bits per heavy atom. The maximum atomic E-state index is 11.8. The fourth-order valence-electron chi connectivity index (χ4n) is 1.73. The summed E-state index contributed by atoms with van der Waals surface area (Å²) in [7, 11) is 0. The van der Waals surface area contributed by atoms with Crippen LogP contribution in [0.1, 0.15) is 22.1 Å². The molecular weight excluding hydrogens is 329 g/mol. The molecule has 0 aliphatic carbocycles. The third kappa shape index (κ3) is 6.23. The number of nitrogens with one attached hydrogen (secondary N) is 1. The number of hydrogen-bond acceptors (Lipinski definition) is 3. The number of aromatic carboxylic acids is 1. The first-order valence-corrected chi connectivity index (χ1v) is 6.94. The van der Waals surface area contributed by atoms with Crippen molar-refractivity contribution in [1.82, 2.24) is 5.32 Å². The van der Waals surface area contributed by atoms with Gasteiger partial charge in [0.05, 0.1) is 12.1 Å². The fourth-order valence-corrected chi connectivity index (χ4v) is 1.86. The van der Waals surface area contributed by atoms with Crippen molar-refractivity contribution in [3.63, 3.8) is 0 Å². The summed E-state index contributed by atoms with van der Waals surface area (Å²) in [6.07, 6.45) is 0. The molecular formula is C16H15ClNNaO4. The monoisotopic (exact) mass is 343 g/mol. The van der Waals surface area contributed by atoms with Crippen LogP contribution in [0, 0.1) is 0 Å². The molecule has 116 valence electrons. The first-order chi connectivity index (χ1) is 10.6. The number of amides is 1. The Hall–Kier alpha value is -1.53. The van der Waals surface area contributed by atoms with E-state index in [0.717, 1.165) is 0 Å². The van der Waals surface area contributed by atoms with Gasteiger partial charge in [-0.25, -0.2) is 4.79 Å². The maximum Gasteiger partial charge on any atom is 1.00 e. The molecule has 0 unspecified atom stereocenters. The first kappa shape index (κ1) is 19.5. The van der Waals surface area contributed by atoms with Crippen LogP contribution in [0.2, 0.25) is 5.02 Å². The van der Waals surface area contributed by atoms with Gasteiger partial charge in [-0.1, -0.05) is 11.6 Å². The first-order valence-electron chi connectivity index (χ1n) is 6.56. The Labute approximate surface area is 162 Å². The summed E-state index contributed by atoms with van der Waals surface area (Å²) >= 11 is 5.75. The number of carboxylic acid groups (broad SMARTS) is 1. The van der Waals surface area contributed by atoms with Crippen molar-refractivity contribution in [2.75, 3.05) is 13.2 Å². The summed E-state index contributed by atoms with van der Waals surface area (Å²) in [5.74, 6) is -0.644. The second-order valence-corrected chi connectivity index (χ2v) is 4.88. The molecule has 0 fully saturated rings. The molecule has 0 aliphatic heterocycles. The second-order valence-electron chi connectivity index (χ2n) is 4.44. The molecule has 2 N–H and O–H groups in total. The van der Waals surface area contributed by atoms with Crippen LogP contribution in [0.4, 0.5) is 0 Å². The predicted octanol–water partition coefficient (Wildman–Crippen LogP) is -0.0365. The van der Waals surface area contributed by atoms with Gasteiger partial charge >= 0.3 is 35.5 Å². The van der Waals surface area contributed by atoms with E-state index >= 15 is 0 Å². The normalized spacial score (nSPS) is 9.61. The van der Waals surface area contributed by atoms with Crippen molar-refractivity contribution in [3.8, 4) is 5.75 Å². The smallest absolute Gasteiger partial charge is 1.00 e. The zero-order chi connectivity index (χ0) is 15.9. The summed E-state index contributed by atoms with van der Waals surface area (Å²) in [6.45, 7) is 0.619. The van der Waals surface area contributed by atoms with Crippen molar-refractivity contribution in [3.05, 3.63) is 64.7 Å². The van der Waals surface area contributed by atoms with Gasteiger partial charge in [0.15, 0.2) is 0 Å². The van der Waals surface area contributed by atoms with Crippen molar-refractivity contribution in [2.24, 2.45) is 0 Å². The number of carboxylic acids is 1. The summed E-state index contributed by atoms with van der Waals surface area (Å²) in [4.78, 5) is 22.5. The van der Waals surface area contributed by atoms with E-state index in [1.165, 1.54) is 12.1 Å². The van der Waals surface area contributed by atoms with E-state index in [1.807, 2.05) is 0 Å². The van der Waals surface area contributed by atoms with Crippen LogP contribution in [-0.4, -0.2) is 30.1 Å². The average Bonchev–Trinajstić information content (AvgIpc) is 2.52. The van der Waals surface area contributed by atoms with Crippen LogP contribution in [0.15, 0.2) is 48.5 Å². The molecule has 5 nitrogen and oxygen atoms in total. The number of rotatable bonds is 6. The Kier molecular flexibility index (Phi) is 8.12. The molecule has 0 saturated heterocycles.